The molecule has 2 rings (SSSR count). The molecule has 0 unspecified atom stereocenters. The lowest BCUT2D eigenvalue weighted by Crippen LogP contribution is -2.32. The Labute approximate surface area is 96.8 Å². The molecule has 0 N–H and O–H groups in total. The first-order chi connectivity index (χ1) is 6.77. The molecule has 0 spiro atoms. The highest BCUT2D eigenvalue weighted by atomic mass is 35.5. The summed E-state index contributed by atoms with van der Waals surface area (Å²) in [6, 6.07) is 1.77. The van der Waals surface area contributed by atoms with E-state index in [2.05, 4.69) is 15.1 Å². The SMILES string of the molecule is Clc1cc(N2CCSCC2)c(Cl)nn1. The molecule has 76 valence electrons. The fraction of sp³-hybridized carbons (Fsp3) is 0.500. The molecule has 1 aliphatic rings. The summed E-state index contributed by atoms with van der Waals surface area (Å²) in [7, 11) is 0. The summed E-state index contributed by atoms with van der Waals surface area (Å²) in [5, 5.41) is 8.30. The van der Waals surface area contributed by atoms with Crippen molar-refractivity contribution >= 4 is 40.7 Å². The van der Waals surface area contributed by atoms with Crippen molar-refractivity contribution in [1.29, 1.82) is 0 Å². The normalized spacial score (nSPS) is 17.1. The zero-order chi connectivity index (χ0) is 9.97. The minimum Gasteiger partial charge on any atom is -0.367 e. The van der Waals surface area contributed by atoms with Crippen LogP contribution in [-0.4, -0.2) is 34.8 Å². The second-order valence-corrected chi connectivity index (χ2v) is 4.91. The van der Waals surface area contributed by atoms with Crippen LogP contribution < -0.4 is 4.90 Å². The summed E-state index contributed by atoms with van der Waals surface area (Å²) in [4.78, 5) is 2.19. The Morgan fingerprint density at radius 1 is 1.21 bits per heavy atom. The Hall–Kier alpha value is -0.190. The molecule has 0 saturated carbocycles. The van der Waals surface area contributed by atoms with E-state index in [1.165, 1.54) is 0 Å². The van der Waals surface area contributed by atoms with Crippen LogP contribution in [0.4, 0.5) is 5.69 Å². The second kappa shape index (κ2) is 4.55. The number of hydrogen-bond acceptors (Lipinski definition) is 4. The van der Waals surface area contributed by atoms with E-state index in [1.807, 2.05) is 11.8 Å². The van der Waals surface area contributed by atoms with Crippen molar-refractivity contribution in [3.63, 3.8) is 0 Å². The molecule has 3 nitrogen and oxygen atoms in total. The average molecular weight is 250 g/mol. The predicted molar refractivity (Wildman–Crippen MR) is 61.6 cm³/mol. The van der Waals surface area contributed by atoms with Gasteiger partial charge >= 0.3 is 0 Å². The lowest BCUT2D eigenvalue weighted by Gasteiger charge is -2.28. The summed E-state index contributed by atoms with van der Waals surface area (Å²) < 4.78 is 0. The van der Waals surface area contributed by atoms with Crippen LogP contribution in [0.25, 0.3) is 0 Å². The summed E-state index contributed by atoms with van der Waals surface area (Å²) in [6.45, 7) is 1.98. The zero-order valence-electron chi connectivity index (χ0n) is 7.41. The summed E-state index contributed by atoms with van der Waals surface area (Å²) in [5.74, 6) is 2.24. The maximum atomic E-state index is 5.95. The average Bonchev–Trinajstić information content (AvgIpc) is 2.23. The Morgan fingerprint density at radius 2 is 1.93 bits per heavy atom. The van der Waals surface area contributed by atoms with Gasteiger partial charge in [0.15, 0.2) is 10.3 Å². The fourth-order valence-corrected chi connectivity index (χ4v) is 2.63. The van der Waals surface area contributed by atoms with E-state index < -0.39 is 0 Å². The van der Waals surface area contributed by atoms with E-state index in [-0.39, 0.29) is 0 Å². The van der Waals surface area contributed by atoms with Gasteiger partial charge in [0.2, 0.25) is 0 Å². The van der Waals surface area contributed by atoms with Crippen molar-refractivity contribution in [2.24, 2.45) is 0 Å². The number of anilines is 1. The predicted octanol–water partition coefficient (Wildman–Crippen LogP) is 2.34. The van der Waals surface area contributed by atoms with Gasteiger partial charge in [-0.25, -0.2) is 0 Å². The first-order valence-electron chi connectivity index (χ1n) is 4.29. The third kappa shape index (κ3) is 2.24. The topological polar surface area (TPSA) is 29.0 Å². The van der Waals surface area contributed by atoms with Crippen LogP contribution in [-0.2, 0) is 0 Å². The van der Waals surface area contributed by atoms with E-state index in [0.29, 0.717) is 10.3 Å². The lowest BCUT2D eigenvalue weighted by molar-refractivity contribution is 0.848. The summed E-state index contributed by atoms with van der Waals surface area (Å²) >= 11 is 13.7. The van der Waals surface area contributed by atoms with E-state index in [4.69, 9.17) is 23.2 Å². The van der Waals surface area contributed by atoms with Gasteiger partial charge in [0.1, 0.15) is 0 Å². The summed E-state index contributed by atoms with van der Waals surface area (Å²) in [5.41, 5.74) is 0.895. The maximum Gasteiger partial charge on any atom is 0.175 e. The van der Waals surface area contributed by atoms with Gasteiger partial charge in [-0.05, 0) is 0 Å². The lowest BCUT2D eigenvalue weighted by atomic mass is 10.4. The van der Waals surface area contributed by atoms with E-state index >= 15 is 0 Å². The highest BCUT2D eigenvalue weighted by molar-refractivity contribution is 7.99. The van der Waals surface area contributed by atoms with Crippen molar-refractivity contribution in [3.8, 4) is 0 Å². The zero-order valence-corrected chi connectivity index (χ0v) is 9.74. The van der Waals surface area contributed by atoms with Crippen LogP contribution >= 0.6 is 35.0 Å². The van der Waals surface area contributed by atoms with Gasteiger partial charge in [-0.3, -0.25) is 0 Å². The smallest absolute Gasteiger partial charge is 0.175 e. The van der Waals surface area contributed by atoms with E-state index in [0.717, 1.165) is 30.3 Å². The Bertz CT molecular complexity index is 328. The molecule has 0 aromatic carbocycles. The van der Waals surface area contributed by atoms with Crippen LogP contribution in [0, 0.1) is 0 Å². The van der Waals surface area contributed by atoms with Crippen LogP contribution in [0.5, 0.6) is 0 Å². The molecular weight excluding hydrogens is 241 g/mol. The van der Waals surface area contributed by atoms with Gasteiger partial charge in [0, 0.05) is 30.7 Å². The Kier molecular flexibility index (Phi) is 3.36. The van der Waals surface area contributed by atoms with Gasteiger partial charge in [-0.1, -0.05) is 23.2 Å². The minimum absolute atomic E-state index is 0.391. The molecule has 0 aliphatic carbocycles. The first kappa shape index (κ1) is 10.3. The molecule has 0 atom stereocenters. The number of aromatic nitrogens is 2. The molecule has 0 amide bonds. The molecule has 1 fully saturated rings. The molecule has 0 radical (unpaired) electrons. The van der Waals surface area contributed by atoms with Gasteiger partial charge in [0.05, 0.1) is 5.69 Å². The van der Waals surface area contributed by atoms with Gasteiger partial charge in [0.25, 0.3) is 0 Å². The fourth-order valence-electron chi connectivity index (χ4n) is 1.37. The Morgan fingerprint density at radius 3 is 2.64 bits per heavy atom. The van der Waals surface area contributed by atoms with Crippen LogP contribution in [0.1, 0.15) is 0 Å². The van der Waals surface area contributed by atoms with Crippen LogP contribution in [0.3, 0.4) is 0 Å². The third-order valence-electron chi connectivity index (χ3n) is 2.05. The molecule has 6 heteroatoms. The number of halogens is 2. The summed E-state index contributed by atoms with van der Waals surface area (Å²) in [6.07, 6.45) is 0. The minimum atomic E-state index is 0.391. The number of nitrogens with zero attached hydrogens (tertiary/aromatic N) is 3. The molecule has 1 aromatic heterocycles. The molecule has 0 bridgehead atoms. The first-order valence-corrected chi connectivity index (χ1v) is 6.20. The van der Waals surface area contributed by atoms with E-state index in [9.17, 15) is 0 Å². The highest BCUT2D eigenvalue weighted by Gasteiger charge is 2.15. The molecule has 1 aromatic rings. The van der Waals surface area contributed by atoms with Crippen molar-refractivity contribution in [2.75, 3.05) is 29.5 Å². The van der Waals surface area contributed by atoms with Crippen molar-refractivity contribution in [3.05, 3.63) is 16.4 Å². The Balaban J connectivity index is 2.24. The van der Waals surface area contributed by atoms with Gasteiger partial charge in [-0.15, -0.1) is 10.2 Å². The van der Waals surface area contributed by atoms with Crippen LogP contribution in [0.15, 0.2) is 6.07 Å². The number of thioether (sulfide) groups is 1. The molecule has 1 saturated heterocycles. The molecule has 14 heavy (non-hydrogen) atoms. The maximum absolute atomic E-state index is 5.95. The monoisotopic (exact) mass is 249 g/mol. The highest BCUT2D eigenvalue weighted by Crippen LogP contribution is 2.27. The number of hydrogen-bond donors (Lipinski definition) is 0. The quantitative estimate of drug-likeness (QED) is 0.765. The largest absolute Gasteiger partial charge is 0.367 e. The number of rotatable bonds is 1. The molecule has 1 aliphatic heterocycles. The molecular formula is C8H9Cl2N3S. The van der Waals surface area contributed by atoms with Gasteiger partial charge < -0.3 is 4.90 Å². The van der Waals surface area contributed by atoms with Crippen molar-refractivity contribution in [2.45, 2.75) is 0 Å². The molecule has 2 heterocycles. The van der Waals surface area contributed by atoms with E-state index in [1.54, 1.807) is 6.07 Å². The third-order valence-corrected chi connectivity index (χ3v) is 3.45. The van der Waals surface area contributed by atoms with Crippen LogP contribution in [0.2, 0.25) is 10.3 Å². The standard InChI is InChI=1S/C8H9Cl2N3S/c9-7-5-6(8(10)12-11-7)13-1-3-14-4-2-13/h5H,1-4H2. The van der Waals surface area contributed by atoms with Crippen molar-refractivity contribution < 1.29 is 0 Å². The van der Waals surface area contributed by atoms with Crippen molar-refractivity contribution in [1.82, 2.24) is 10.2 Å². The van der Waals surface area contributed by atoms with Gasteiger partial charge in [-0.2, -0.15) is 11.8 Å². The second-order valence-electron chi connectivity index (χ2n) is 2.94.